The molecular weight excluding hydrogens is 286 g/mol. The summed E-state index contributed by atoms with van der Waals surface area (Å²) in [6.45, 7) is 0. The Balaban J connectivity index is 1.94. The van der Waals surface area contributed by atoms with Crippen molar-refractivity contribution in [1.82, 2.24) is 0 Å². The molecule has 0 aromatic heterocycles. The fourth-order valence-electron chi connectivity index (χ4n) is 1.76. The van der Waals surface area contributed by atoms with E-state index >= 15 is 0 Å². The molecule has 2 aromatic rings. The Bertz CT molecular complexity index is 643. The number of thioether (sulfide) groups is 1. The normalized spacial score (nSPS) is 9.95. The molecule has 4 nitrogen and oxygen atoms in total. The van der Waals surface area contributed by atoms with E-state index < -0.39 is 0 Å². The Morgan fingerprint density at radius 1 is 1.24 bits per heavy atom. The van der Waals surface area contributed by atoms with Gasteiger partial charge in [0.1, 0.15) is 12.0 Å². The molecule has 5 heteroatoms. The van der Waals surface area contributed by atoms with Crippen molar-refractivity contribution in [3.05, 3.63) is 54.1 Å². The van der Waals surface area contributed by atoms with Gasteiger partial charge >= 0.3 is 0 Å². The molecule has 0 aliphatic carbocycles. The number of hydrogen-bond donors (Lipinski definition) is 1. The number of rotatable bonds is 6. The van der Waals surface area contributed by atoms with Crippen LogP contribution in [0.15, 0.2) is 53.4 Å². The summed E-state index contributed by atoms with van der Waals surface area (Å²) in [6, 6.07) is 14.4. The van der Waals surface area contributed by atoms with Crippen LogP contribution in [0.4, 0.5) is 5.69 Å². The van der Waals surface area contributed by atoms with E-state index in [1.807, 2.05) is 18.2 Å². The van der Waals surface area contributed by atoms with Crippen LogP contribution in [0.25, 0.3) is 0 Å². The summed E-state index contributed by atoms with van der Waals surface area (Å²) in [5.74, 6) is 0.764. The second-order valence-electron chi connectivity index (χ2n) is 4.23. The van der Waals surface area contributed by atoms with Crippen LogP contribution in [-0.2, 0) is 4.79 Å². The standard InChI is InChI=1S/C16H15NO3S/c1-20-15-8-3-2-7-14(15)17-16(19)11-21-13-6-4-5-12(9-13)10-18/h2-10H,11H2,1H3,(H,17,19). The molecule has 0 aliphatic heterocycles. The highest BCUT2D eigenvalue weighted by Gasteiger charge is 2.07. The highest BCUT2D eigenvalue weighted by molar-refractivity contribution is 8.00. The number of hydrogen-bond acceptors (Lipinski definition) is 4. The third-order valence-electron chi connectivity index (χ3n) is 2.75. The van der Waals surface area contributed by atoms with Crippen molar-refractivity contribution < 1.29 is 14.3 Å². The van der Waals surface area contributed by atoms with Crippen LogP contribution in [0, 0.1) is 0 Å². The SMILES string of the molecule is COc1ccccc1NC(=O)CSc1cccc(C=O)c1. The topological polar surface area (TPSA) is 55.4 Å². The lowest BCUT2D eigenvalue weighted by atomic mass is 10.2. The van der Waals surface area contributed by atoms with E-state index in [1.165, 1.54) is 11.8 Å². The van der Waals surface area contributed by atoms with Crippen molar-refractivity contribution in [3.8, 4) is 5.75 Å². The molecule has 1 N–H and O–H groups in total. The quantitative estimate of drug-likeness (QED) is 0.657. The molecule has 21 heavy (non-hydrogen) atoms. The van der Waals surface area contributed by atoms with Gasteiger partial charge in [0.2, 0.25) is 5.91 Å². The molecule has 0 spiro atoms. The van der Waals surface area contributed by atoms with Crippen molar-refractivity contribution in [2.45, 2.75) is 4.90 Å². The van der Waals surface area contributed by atoms with Gasteiger partial charge in [-0.1, -0.05) is 24.3 Å². The number of carbonyl (C=O) groups excluding carboxylic acids is 2. The number of nitrogens with one attached hydrogen (secondary N) is 1. The number of ether oxygens (including phenoxy) is 1. The van der Waals surface area contributed by atoms with Gasteiger partial charge in [-0.2, -0.15) is 0 Å². The first-order chi connectivity index (χ1) is 10.2. The Morgan fingerprint density at radius 2 is 2.05 bits per heavy atom. The summed E-state index contributed by atoms with van der Waals surface area (Å²) in [6.07, 6.45) is 0.791. The summed E-state index contributed by atoms with van der Waals surface area (Å²) in [7, 11) is 1.56. The van der Waals surface area contributed by atoms with Crippen LogP contribution in [-0.4, -0.2) is 25.1 Å². The molecule has 2 aromatic carbocycles. The zero-order valence-electron chi connectivity index (χ0n) is 11.5. The molecule has 0 bridgehead atoms. The maximum Gasteiger partial charge on any atom is 0.234 e. The lowest BCUT2D eigenvalue weighted by Crippen LogP contribution is -2.14. The molecule has 0 unspecified atom stereocenters. The summed E-state index contributed by atoms with van der Waals surface area (Å²) in [4.78, 5) is 23.5. The van der Waals surface area contributed by atoms with Gasteiger partial charge in [-0.15, -0.1) is 11.8 Å². The minimum Gasteiger partial charge on any atom is -0.495 e. The van der Waals surface area contributed by atoms with Crippen molar-refractivity contribution in [2.75, 3.05) is 18.2 Å². The van der Waals surface area contributed by atoms with Crippen molar-refractivity contribution in [2.24, 2.45) is 0 Å². The van der Waals surface area contributed by atoms with Crippen molar-refractivity contribution in [1.29, 1.82) is 0 Å². The molecule has 2 rings (SSSR count). The summed E-state index contributed by atoms with van der Waals surface area (Å²) in [5, 5.41) is 2.81. The Hall–Kier alpha value is -2.27. The summed E-state index contributed by atoms with van der Waals surface area (Å²) >= 11 is 1.38. The molecule has 0 saturated carbocycles. The molecule has 0 fully saturated rings. The van der Waals surface area contributed by atoms with E-state index in [9.17, 15) is 9.59 Å². The second kappa shape index (κ2) is 7.50. The fourth-order valence-corrected chi connectivity index (χ4v) is 2.52. The molecule has 0 saturated heterocycles. The predicted molar refractivity (Wildman–Crippen MR) is 84.2 cm³/mol. The number of benzene rings is 2. The van der Waals surface area contributed by atoms with Gasteiger partial charge in [0.15, 0.2) is 0 Å². The number of carbonyl (C=O) groups is 2. The minimum absolute atomic E-state index is 0.124. The zero-order chi connectivity index (χ0) is 15.1. The van der Waals surface area contributed by atoms with Crippen LogP contribution in [0.3, 0.4) is 0 Å². The smallest absolute Gasteiger partial charge is 0.234 e. The monoisotopic (exact) mass is 301 g/mol. The van der Waals surface area contributed by atoms with Crippen LogP contribution >= 0.6 is 11.8 Å². The molecule has 108 valence electrons. The van der Waals surface area contributed by atoms with E-state index in [2.05, 4.69) is 5.32 Å². The number of anilines is 1. The first-order valence-electron chi connectivity index (χ1n) is 6.34. The molecule has 1 amide bonds. The van der Waals surface area contributed by atoms with E-state index in [4.69, 9.17) is 4.74 Å². The van der Waals surface area contributed by atoms with Gasteiger partial charge in [-0.25, -0.2) is 0 Å². The van der Waals surface area contributed by atoms with Crippen molar-refractivity contribution in [3.63, 3.8) is 0 Å². The van der Waals surface area contributed by atoms with Gasteiger partial charge in [0.05, 0.1) is 18.6 Å². The average Bonchev–Trinajstić information content (AvgIpc) is 2.53. The number of amides is 1. The largest absolute Gasteiger partial charge is 0.495 e. The average molecular weight is 301 g/mol. The van der Waals surface area contributed by atoms with Gasteiger partial charge in [0, 0.05) is 10.5 Å². The first-order valence-corrected chi connectivity index (χ1v) is 7.32. The van der Waals surface area contributed by atoms with Gasteiger partial charge < -0.3 is 10.1 Å². The van der Waals surface area contributed by atoms with Gasteiger partial charge in [-0.05, 0) is 24.3 Å². The molecule has 0 aliphatic rings. The molecule has 0 radical (unpaired) electrons. The van der Waals surface area contributed by atoms with Gasteiger partial charge in [0.25, 0.3) is 0 Å². The zero-order valence-corrected chi connectivity index (χ0v) is 12.4. The van der Waals surface area contributed by atoms with Gasteiger partial charge in [-0.3, -0.25) is 9.59 Å². The second-order valence-corrected chi connectivity index (χ2v) is 5.28. The predicted octanol–water partition coefficient (Wildman–Crippen LogP) is 3.24. The number of para-hydroxylation sites is 2. The van der Waals surface area contributed by atoms with Crippen LogP contribution in [0.1, 0.15) is 10.4 Å². The fraction of sp³-hybridized carbons (Fsp3) is 0.125. The molecular formula is C16H15NO3S. The lowest BCUT2D eigenvalue weighted by molar-refractivity contribution is -0.113. The first kappa shape index (κ1) is 15.1. The lowest BCUT2D eigenvalue weighted by Gasteiger charge is -2.09. The maximum absolute atomic E-state index is 12.0. The van der Waals surface area contributed by atoms with Crippen LogP contribution in [0.5, 0.6) is 5.75 Å². The Morgan fingerprint density at radius 3 is 2.81 bits per heavy atom. The van der Waals surface area contributed by atoms with Crippen LogP contribution in [0.2, 0.25) is 0 Å². The molecule has 0 atom stereocenters. The Kier molecular flexibility index (Phi) is 5.40. The maximum atomic E-state index is 12.0. The van der Waals surface area contributed by atoms with E-state index in [-0.39, 0.29) is 11.7 Å². The molecule has 0 heterocycles. The highest BCUT2D eigenvalue weighted by atomic mass is 32.2. The van der Waals surface area contributed by atoms with E-state index in [0.717, 1.165) is 11.2 Å². The van der Waals surface area contributed by atoms with E-state index in [1.54, 1.807) is 37.4 Å². The highest BCUT2D eigenvalue weighted by Crippen LogP contribution is 2.24. The van der Waals surface area contributed by atoms with Crippen LogP contribution < -0.4 is 10.1 Å². The number of aldehydes is 1. The number of methoxy groups -OCH3 is 1. The summed E-state index contributed by atoms with van der Waals surface area (Å²) < 4.78 is 5.18. The Labute approximate surface area is 127 Å². The van der Waals surface area contributed by atoms with E-state index in [0.29, 0.717) is 17.0 Å². The van der Waals surface area contributed by atoms with Crippen molar-refractivity contribution >= 4 is 29.6 Å². The third kappa shape index (κ3) is 4.36. The minimum atomic E-state index is -0.124. The third-order valence-corrected chi connectivity index (χ3v) is 3.74. The summed E-state index contributed by atoms with van der Waals surface area (Å²) in [5.41, 5.74) is 1.25.